The first-order valence-corrected chi connectivity index (χ1v) is 6.94. The van der Waals surface area contributed by atoms with Gasteiger partial charge in [-0.15, -0.1) is 0 Å². The van der Waals surface area contributed by atoms with Gasteiger partial charge in [0.05, 0.1) is 0 Å². The van der Waals surface area contributed by atoms with Crippen LogP contribution in [0.1, 0.15) is 67.8 Å². The summed E-state index contributed by atoms with van der Waals surface area (Å²) in [5.41, 5.74) is 1.41. The van der Waals surface area contributed by atoms with Crippen LogP contribution in [0.3, 0.4) is 0 Å². The van der Waals surface area contributed by atoms with Gasteiger partial charge in [0.15, 0.2) is 5.78 Å². The third kappa shape index (κ3) is 4.99. The van der Waals surface area contributed by atoms with E-state index in [-0.39, 0.29) is 11.6 Å². The number of rotatable bonds is 8. The molecule has 0 aliphatic carbocycles. The summed E-state index contributed by atoms with van der Waals surface area (Å²) in [6.45, 7) is 3.98. The molecule has 0 aliphatic heterocycles. The predicted molar refractivity (Wildman–Crippen MR) is 73.5 cm³/mol. The van der Waals surface area contributed by atoms with Gasteiger partial charge in [-0.3, -0.25) is 4.79 Å². The zero-order valence-corrected chi connectivity index (χ0v) is 11.5. The Kier molecular flexibility index (Phi) is 6.63. The van der Waals surface area contributed by atoms with Crippen molar-refractivity contribution < 1.29 is 9.18 Å². The highest BCUT2D eigenvalue weighted by Gasteiger charge is 2.09. The summed E-state index contributed by atoms with van der Waals surface area (Å²) in [5.74, 6) is -0.133. The van der Waals surface area contributed by atoms with E-state index in [1.165, 1.54) is 37.8 Å². The van der Waals surface area contributed by atoms with Gasteiger partial charge in [-0.25, -0.2) is 4.39 Å². The quantitative estimate of drug-likeness (QED) is 0.465. The zero-order chi connectivity index (χ0) is 13.4. The van der Waals surface area contributed by atoms with Crippen LogP contribution in [0.2, 0.25) is 0 Å². The number of benzene rings is 1. The molecule has 0 atom stereocenters. The predicted octanol–water partition coefficient (Wildman–Crippen LogP) is 5.07. The van der Waals surface area contributed by atoms with Gasteiger partial charge in [0, 0.05) is 12.0 Å². The van der Waals surface area contributed by atoms with Crippen molar-refractivity contribution in [2.24, 2.45) is 0 Å². The Bertz CT molecular complexity index is 385. The van der Waals surface area contributed by atoms with Crippen LogP contribution in [-0.4, -0.2) is 5.78 Å². The lowest BCUT2D eigenvalue weighted by molar-refractivity contribution is 0.0978. The van der Waals surface area contributed by atoms with E-state index in [9.17, 15) is 9.18 Å². The minimum Gasteiger partial charge on any atom is -0.294 e. The Morgan fingerprint density at radius 1 is 1.11 bits per heavy atom. The molecular weight excluding hydrogens is 227 g/mol. The number of Topliss-reactive ketones (excluding diaryl/α,β-unsaturated/α-hetero) is 1. The monoisotopic (exact) mass is 250 g/mol. The second kappa shape index (κ2) is 8.02. The molecule has 1 aromatic rings. The van der Waals surface area contributed by atoms with Gasteiger partial charge in [0.1, 0.15) is 5.82 Å². The summed E-state index contributed by atoms with van der Waals surface area (Å²) in [7, 11) is 0. The van der Waals surface area contributed by atoms with E-state index in [4.69, 9.17) is 0 Å². The van der Waals surface area contributed by atoms with E-state index < -0.39 is 0 Å². The number of hydrogen-bond donors (Lipinski definition) is 0. The lowest BCUT2D eigenvalue weighted by atomic mass is 10.00. The number of aryl methyl sites for hydroxylation is 1. The van der Waals surface area contributed by atoms with Gasteiger partial charge < -0.3 is 0 Å². The average molecular weight is 250 g/mol. The Morgan fingerprint density at radius 2 is 1.78 bits per heavy atom. The molecule has 100 valence electrons. The fourth-order valence-electron chi connectivity index (χ4n) is 2.14. The number of hydrogen-bond acceptors (Lipinski definition) is 1. The van der Waals surface area contributed by atoms with Crippen molar-refractivity contribution in [3.05, 3.63) is 35.1 Å². The fourth-order valence-corrected chi connectivity index (χ4v) is 2.14. The highest BCUT2D eigenvalue weighted by Crippen LogP contribution is 2.15. The molecule has 0 N–H and O–H groups in total. The third-order valence-corrected chi connectivity index (χ3v) is 3.25. The maximum absolute atomic E-state index is 12.9. The molecule has 0 spiro atoms. The summed E-state index contributed by atoms with van der Waals surface area (Å²) >= 11 is 0. The first-order chi connectivity index (χ1) is 8.65. The van der Waals surface area contributed by atoms with E-state index in [1.54, 1.807) is 13.0 Å². The summed E-state index contributed by atoms with van der Waals surface area (Å²) in [4.78, 5) is 11.9. The Labute approximate surface area is 109 Å². The molecule has 1 rings (SSSR count). The third-order valence-electron chi connectivity index (χ3n) is 3.25. The van der Waals surface area contributed by atoms with E-state index in [1.807, 2.05) is 0 Å². The van der Waals surface area contributed by atoms with Gasteiger partial charge in [0.2, 0.25) is 0 Å². The van der Waals surface area contributed by atoms with Crippen molar-refractivity contribution in [2.75, 3.05) is 0 Å². The van der Waals surface area contributed by atoms with Crippen molar-refractivity contribution in [3.8, 4) is 0 Å². The molecule has 0 amide bonds. The molecule has 1 aromatic carbocycles. The lowest BCUT2D eigenvalue weighted by Gasteiger charge is -2.05. The van der Waals surface area contributed by atoms with Gasteiger partial charge >= 0.3 is 0 Å². The first-order valence-electron chi connectivity index (χ1n) is 6.94. The summed E-state index contributed by atoms with van der Waals surface area (Å²) in [6.07, 6.45) is 7.65. The van der Waals surface area contributed by atoms with Crippen molar-refractivity contribution in [1.82, 2.24) is 0 Å². The molecule has 0 saturated heterocycles. The second-order valence-corrected chi connectivity index (χ2v) is 4.90. The summed E-state index contributed by atoms with van der Waals surface area (Å²) in [5, 5.41) is 0. The van der Waals surface area contributed by atoms with Crippen LogP contribution in [0.5, 0.6) is 0 Å². The molecule has 1 nitrogen and oxygen atoms in total. The Morgan fingerprint density at radius 3 is 2.44 bits per heavy atom. The van der Waals surface area contributed by atoms with Gasteiger partial charge in [-0.1, -0.05) is 39.0 Å². The van der Waals surface area contributed by atoms with E-state index in [2.05, 4.69) is 6.92 Å². The SMILES string of the molecule is CCCCCCCCC(=O)c1ccc(F)cc1C. The van der Waals surface area contributed by atoms with Crippen LogP contribution in [-0.2, 0) is 0 Å². The maximum Gasteiger partial charge on any atom is 0.163 e. The Hall–Kier alpha value is -1.18. The van der Waals surface area contributed by atoms with Crippen molar-refractivity contribution >= 4 is 5.78 Å². The molecule has 0 aromatic heterocycles. The minimum absolute atomic E-state index is 0.142. The standard InChI is InChI=1S/C16H23FO/c1-3-4-5-6-7-8-9-16(18)15-11-10-14(17)12-13(15)2/h10-12H,3-9H2,1-2H3. The van der Waals surface area contributed by atoms with Crippen molar-refractivity contribution in [2.45, 2.75) is 58.8 Å². The highest BCUT2D eigenvalue weighted by molar-refractivity contribution is 5.97. The van der Waals surface area contributed by atoms with Crippen LogP contribution < -0.4 is 0 Å². The molecular formula is C16H23FO. The lowest BCUT2D eigenvalue weighted by Crippen LogP contribution is -2.02. The van der Waals surface area contributed by atoms with Crippen LogP contribution in [0.25, 0.3) is 0 Å². The number of ketones is 1. The molecule has 0 bridgehead atoms. The molecule has 0 fully saturated rings. The zero-order valence-electron chi connectivity index (χ0n) is 11.5. The van der Waals surface area contributed by atoms with Crippen LogP contribution >= 0.6 is 0 Å². The van der Waals surface area contributed by atoms with E-state index in [0.29, 0.717) is 12.0 Å². The van der Waals surface area contributed by atoms with Gasteiger partial charge in [0.25, 0.3) is 0 Å². The van der Waals surface area contributed by atoms with E-state index >= 15 is 0 Å². The molecule has 2 heteroatoms. The van der Waals surface area contributed by atoms with Crippen LogP contribution in [0.15, 0.2) is 18.2 Å². The molecule has 0 unspecified atom stereocenters. The maximum atomic E-state index is 12.9. The molecule has 0 radical (unpaired) electrons. The van der Waals surface area contributed by atoms with Crippen LogP contribution in [0.4, 0.5) is 4.39 Å². The minimum atomic E-state index is -0.274. The molecule has 0 heterocycles. The summed E-state index contributed by atoms with van der Waals surface area (Å²) in [6, 6.07) is 4.39. The number of halogens is 1. The molecule has 0 aliphatic rings. The first kappa shape index (κ1) is 14.9. The summed E-state index contributed by atoms with van der Waals surface area (Å²) < 4.78 is 12.9. The average Bonchev–Trinajstić information content (AvgIpc) is 2.33. The van der Waals surface area contributed by atoms with Gasteiger partial charge in [-0.05, 0) is 37.1 Å². The van der Waals surface area contributed by atoms with Crippen molar-refractivity contribution in [1.29, 1.82) is 0 Å². The normalized spacial score (nSPS) is 10.6. The number of carbonyl (C=O) groups excluding carboxylic acids is 1. The second-order valence-electron chi connectivity index (χ2n) is 4.90. The smallest absolute Gasteiger partial charge is 0.163 e. The topological polar surface area (TPSA) is 17.1 Å². The van der Waals surface area contributed by atoms with Gasteiger partial charge in [-0.2, -0.15) is 0 Å². The molecule has 18 heavy (non-hydrogen) atoms. The number of carbonyl (C=O) groups is 1. The fraction of sp³-hybridized carbons (Fsp3) is 0.562. The number of unbranched alkanes of at least 4 members (excludes halogenated alkanes) is 5. The molecule has 0 saturated carbocycles. The van der Waals surface area contributed by atoms with E-state index in [0.717, 1.165) is 18.4 Å². The Balaban J connectivity index is 2.32. The van der Waals surface area contributed by atoms with Crippen LogP contribution in [0, 0.1) is 12.7 Å². The van der Waals surface area contributed by atoms with Crippen molar-refractivity contribution in [3.63, 3.8) is 0 Å². The highest BCUT2D eigenvalue weighted by atomic mass is 19.1. The largest absolute Gasteiger partial charge is 0.294 e.